The molecule has 3 aliphatic rings. The summed E-state index contributed by atoms with van der Waals surface area (Å²) in [6.45, 7) is 1.35. The molecular formula is C41H32N6O2. The number of anilines is 4. The Morgan fingerprint density at radius 1 is 0.653 bits per heavy atom. The van der Waals surface area contributed by atoms with E-state index in [-0.39, 0.29) is 17.1 Å². The number of benzene rings is 6. The van der Waals surface area contributed by atoms with Crippen LogP contribution in [-0.4, -0.2) is 51.7 Å². The molecule has 1 atom stereocenters. The number of phenols is 1. The van der Waals surface area contributed by atoms with Crippen LogP contribution in [0.2, 0.25) is 0 Å². The number of hydrogen-bond acceptors (Lipinski definition) is 8. The first-order valence-electron chi connectivity index (χ1n) is 16.3. The molecule has 0 saturated heterocycles. The Bertz CT molecular complexity index is 2630. The van der Waals surface area contributed by atoms with Crippen molar-refractivity contribution in [2.24, 2.45) is 0 Å². The fraction of sp³-hybridized carbons (Fsp3) is 0.171. The molecule has 0 radical (unpaired) electrons. The smallest absolute Gasteiger partial charge is 0.134 e. The molecule has 0 aromatic heterocycles. The van der Waals surface area contributed by atoms with Crippen LogP contribution in [0.15, 0.2) is 95.8 Å². The van der Waals surface area contributed by atoms with Gasteiger partial charge in [-0.2, -0.15) is 10.5 Å². The van der Waals surface area contributed by atoms with E-state index in [0.717, 1.165) is 78.1 Å². The summed E-state index contributed by atoms with van der Waals surface area (Å²) in [6.07, 6.45) is 0. The summed E-state index contributed by atoms with van der Waals surface area (Å²) >= 11 is 0. The lowest BCUT2D eigenvalue weighted by Crippen LogP contribution is -2.36. The molecule has 2 aliphatic heterocycles. The number of phenolic OH excluding ortho intramolecular Hbond substituents is 1. The van der Waals surface area contributed by atoms with Crippen molar-refractivity contribution in [3.8, 4) is 17.9 Å². The third-order valence-electron chi connectivity index (χ3n) is 10.7. The van der Waals surface area contributed by atoms with Crippen LogP contribution in [0, 0.1) is 22.7 Å². The van der Waals surface area contributed by atoms with Crippen molar-refractivity contribution in [3.63, 3.8) is 0 Å². The predicted octanol–water partition coefficient (Wildman–Crippen LogP) is 8.10. The van der Waals surface area contributed by atoms with E-state index in [4.69, 9.17) is 0 Å². The van der Waals surface area contributed by atoms with E-state index < -0.39 is 5.92 Å². The maximum Gasteiger partial charge on any atom is 0.134 e. The average Bonchev–Trinajstić information content (AvgIpc) is 3.09. The van der Waals surface area contributed by atoms with Gasteiger partial charge in [0, 0.05) is 78.2 Å². The molecular weight excluding hydrogens is 608 g/mol. The maximum atomic E-state index is 12.3. The van der Waals surface area contributed by atoms with Gasteiger partial charge >= 0.3 is 0 Å². The van der Waals surface area contributed by atoms with Crippen LogP contribution in [0.4, 0.5) is 22.7 Å². The summed E-state index contributed by atoms with van der Waals surface area (Å²) in [5.74, 6) is -0.727. The molecule has 6 aromatic carbocycles. The summed E-state index contributed by atoms with van der Waals surface area (Å²) in [6, 6.07) is 30.7. The van der Waals surface area contributed by atoms with Crippen molar-refractivity contribution < 1.29 is 10.2 Å². The lowest BCUT2D eigenvalue weighted by molar-refractivity contribution is 0.369. The predicted molar refractivity (Wildman–Crippen MR) is 198 cm³/mol. The summed E-state index contributed by atoms with van der Waals surface area (Å²) in [4.78, 5) is 8.72. The van der Waals surface area contributed by atoms with Crippen molar-refractivity contribution in [1.29, 1.82) is 10.5 Å². The second-order valence-corrected chi connectivity index (χ2v) is 13.5. The van der Waals surface area contributed by atoms with Gasteiger partial charge in [-0.25, -0.2) is 0 Å². The quantitative estimate of drug-likeness (QED) is 0.145. The van der Waals surface area contributed by atoms with E-state index in [2.05, 4.69) is 83.2 Å². The Morgan fingerprint density at radius 3 is 1.82 bits per heavy atom. The van der Waals surface area contributed by atoms with Crippen LogP contribution in [-0.2, 0) is 0 Å². The van der Waals surface area contributed by atoms with Crippen LogP contribution >= 0.6 is 0 Å². The van der Waals surface area contributed by atoms with E-state index >= 15 is 0 Å². The van der Waals surface area contributed by atoms with Gasteiger partial charge in [-0.15, -0.1) is 0 Å². The van der Waals surface area contributed by atoms with Gasteiger partial charge in [0.2, 0.25) is 0 Å². The van der Waals surface area contributed by atoms with E-state index in [0.29, 0.717) is 23.4 Å². The first-order chi connectivity index (χ1) is 23.7. The Morgan fingerprint density at radius 2 is 1.20 bits per heavy atom. The van der Waals surface area contributed by atoms with Gasteiger partial charge in [0.1, 0.15) is 29.2 Å². The van der Waals surface area contributed by atoms with E-state index in [9.17, 15) is 20.7 Å². The number of nitrogens with zero attached hydrogens (tertiary/aromatic N) is 6. The molecule has 8 heteroatoms. The lowest BCUT2D eigenvalue weighted by Gasteiger charge is -2.40. The molecule has 9 rings (SSSR count). The summed E-state index contributed by atoms with van der Waals surface area (Å²) < 4.78 is 0. The van der Waals surface area contributed by atoms with Crippen LogP contribution in [0.5, 0.6) is 5.75 Å². The first kappa shape index (κ1) is 28.8. The van der Waals surface area contributed by atoms with E-state index in [1.807, 2.05) is 49.5 Å². The van der Waals surface area contributed by atoms with Crippen LogP contribution in [0.3, 0.4) is 0 Å². The number of nitriles is 2. The molecule has 8 nitrogen and oxygen atoms in total. The number of aliphatic hydroxyl groups is 1. The minimum atomic E-state index is -0.739. The number of aromatic hydroxyl groups is 1. The molecule has 1 unspecified atom stereocenters. The van der Waals surface area contributed by atoms with Gasteiger partial charge in [0.15, 0.2) is 0 Å². The molecule has 6 aromatic rings. The molecule has 0 amide bonds. The fourth-order valence-electron chi connectivity index (χ4n) is 8.68. The van der Waals surface area contributed by atoms with Crippen LogP contribution in [0.25, 0.3) is 48.7 Å². The average molecular weight is 641 g/mol. The number of aliphatic hydroxyl groups excluding tert-OH is 1. The van der Waals surface area contributed by atoms with Gasteiger partial charge in [-0.1, -0.05) is 54.6 Å². The van der Waals surface area contributed by atoms with Crippen molar-refractivity contribution in [2.45, 2.75) is 5.92 Å². The Hall–Kier alpha value is -6.38. The number of allylic oxidation sites excluding steroid dienone is 3. The zero-order valence-electron chi connectivity index (χ0n) is 27.6. The zero-order valence-corrected chi connectivity index (χ0v) is 27.6. The third-order valence-corrected chi connectivity index (χ3v) is 10.7. The Kier molecular flexibility index (Phi) is 5.92. The van der Waals surface area contributed by atoms with Crippen LogP contribution in [0.1, 0.15) is 17.0 Å². The van der Waals surface area contributed by atoms with Gasteiger partial charge < -0.3 is 29.8 Å². The molecule has 1 aliphatic carbocycles. The molecule has 2 heterocycles. The van der Waals surface area contributed by atoms with Crippen molar-refractivity contribution in [2.75, 3.05) is 61.1 Å². The SMILES string of the molecule is CN1CN(C)c2c3ccccc3cc3c(C4C(O)=C(c5c(O)cc6c7c(c8ccccc8cc57)N(C)CN6C)C4=C(C#N)C#N)ccc1c23. The topological polar surface area (TPSA) is 101 Å². The second kappa shape index (κ2) is 10.1. The van der Waals surface area contributed by atoms with Crippen molar-refractivity contribution >= 4 is 71.4 Å². The third kappa shape index (κ3) is 3.71. The molecule has 0 saturated carbocycles. The standard InChI is InChI=1S/C41H32N6O2/c1-44-20-46(3)39-25-11-7-5-9-22(25)15-28-27(13-14-30(44)34(28)39)37-33(24(18-42)19-43)38(41(37)49)36-29-16-23-10-6-8-12-26(23)40-35(29)31(17-32(36)48)45(2)21-47(40)4/h5-17,37,48-49H,20-21H2,1-4H3. The lowest BCUT2D eigenvalue weighted by atomic mass is 9.67. The highest BCUT2D eigenvalue weighted by molar-refractivity contribution is 6.22. The van der Waals surface area contributed by atoms with Gasteiger partial charge in [-0.05, 0) is 45.3 Å². The van der Waals surface area contributed by atoms with E-state index in [1.165, 1.54) is 0 Å². The van der Waals surface area contributed by atoms with Gasteiger partial charge in [-0.3, -0.25) is 0 Å². The van der Waals surface area contributed by atoms with Crippen molar-refractivity contribution in [1.82, 2.24) is 0 Å². The molecule has 2 N–H and O–H groups in total. The number of hydrogen-bond donors (Lipinski definition) is 2. The number of rotatable bonds is 2. The summed E-state index contributed by atoms with van der Waals surface area (Å²) in [5, 5.41) is 52.7. The Labute approximate surface area is 283 Å². The highest BCUT2D eigenvalue weighted by Gasteiger charge is 2.44. The Balaban J connectivity index is 1.38. The molecule has 238 valence electrons. The highest BCUT2D eigenvalue weighted by Crippen LogP contribution is 2.59. The molecule has 0 spiro atoms. The zero-order chi connectivity index (χ0) is 33.9. The normalized spacial score (nSPS) is 16.9. The highest BCUT2D eigenvalue weighted by atomic mass is 16.3. The maximum absolute atomic E-state index is 12.3. The largest absolute Gasteiger partial charge is 0.511 e. The van der Waals surface area contributed by atoms with Crippen molar-refractivity contribution in [3.05, 3.63) is 107 Å². The first-order valence-corrected chi connectivity index (χ1v) is 16.3. The van der Waals surface area contributed by atoms with Gasteiger partial charge in [0.05, 0.1) is 36.3 Å². The minimum absolute atomic E-state index is 0.0148. The summed E-state index contributed by atoms with van der Waals surface area (Å²) in [7, 11) is 8.19. The molecule has 0 bridgehead atoms. The minimum Gasteiger partial charge on any atom is -0.511 e. The summed E-state index contributed by atoms with van der Waals surface area (Å²) in [5.41, 5.74) is 6.00. The molecule has 0 fully saturated rings. The van der Waals surface area contributed by atoms with Crippen LogP contribution < -0.4 is 19.6 Å². The monoisotopic (exact) mass is 640 g/mol. The molecule has 49 heavy (non-hydrogen) atoms. The van der Waals surface area contributed by atoms with E-state index in [1.54, 1.807) is 6.07 Å². The second-order valence-electron chi connectivity index (χ2n) is 13.5. The number of fused-ring (bicyclic) bond motifs is 4. The fourth-order valence-corrected chi connectivity index (χ4v) is 8.68. The van der Waals surface area contributed by atoms with Gasteiger partial charge in [0.25, 0.3) is 0 Å².